The van der Waals surface area contributed by atoms with Gasteiger partial charge < -0.3 is 15.2 Å². The van der Waals surface area contributed by atoms with Gasteiger partial charge in [-0.15, -0.1) is 0 Å². The summed E-state index contributed by atoms with van der Waals surface area (Å²) in [6.07, 6.45) is -0.750. The molecule has 2 aromatic carbocycles. The molecular weight excluding hydrogens is 394 g/mol. The highest BCUT2D eigenvalue weighted by molar-refractivity contribution is 7.92. The van der Waals surface area contributed by atoms with Crippen LogP contribution in [0.4, 0.5) is 4.79 Å². The number of carbonyl (C=O) groups is 2. The van der Waals surface area contributed by atoms with Crippen molar-refractivity contribution in [2.45, 2.75) is 18.4 Å². The van der Waals surface area contributed by atoms with Gasteiger partial charge in [-0.1, -0.05) is 48.5 Å². The number of sulfone groups is 1. The average molecular weight is 415 g/mol. The number of carbonyl (C=O) groups excluding carboxylic acids is 1. The number of nitrogens with one attached hydrogen (secondary N) is 1. The van der Waals surface area contributed by atoms with E-state index in [9.17, 15) is 23.1 Å². The van der Waals surface area contributed by atoms with Crippen LogP contribution in [0.25, 0.3) is 11.1 Å². The van der Waals surface area contributed by atoms with E-state index in [0.29, 0.717) is 0 Å². The third kappa shape index (κ3) is 3.98. The van der Waals surface area contributed by atoms with Crippen LogP contribution in [0.5, 0.6) is 0 Å². The van der Waals surface area contributed by atoms with E-state index in [1.54, 1.807) is 0 Å². The van der Waals surface area contributed by atoms with Crippen molar-refractivity contribution in [1.82, 2.24) is 5.32 Å². The minimum atomic E-state index is -3.05. The second-order valence-corrected chi connectivity index (χ2v) is 9.69. The molecule has 7 nitrogen and oxygen atoms in total. The van der Waals surface area contributed by atoms with E-state index in [2.05, 4.69) is 5.32 Å². The number of fused-ring (bicyclic) bond motifs is 3. The zero-order valence-corrected chi connectivity index (χ0v) is 16.4. The predicted molar refractivity (Wildman–Crippen MR) is 106 cm³/mol. The molecule has 0 saturated carbocycles. The third-order valence-electron chi connectivity index (χ3n) is 5.48. The Kier molecular flexibility index (Phi) is 5.04. The summed E-state index contributed by atoms with van der Waals surface area (Å²) < 4.78 is 27.9. The fraction of sp³-hybridized carbons (Fsp3) is 0.333. The van der Waals surface area contributed by atoms with E-state index in [1.807, 2.05) is 48.5 Å². The van der Waals surface area contributed by atoms with E-state index in [0.717, 1.165) is 22.3 Å². The first-order valence-corrected chi connectivity index (χ1v) is 11.2. The van der Waals surface area contributed by atoms with Gasteiger partial charge in [0.25, 0.3) is 0 Å². The molecule has 1 fully saturated rings. The number of aliphatic carboxylic acids is 1. The van der Waals surface area contributed by atoms with Crippen LogP contribution in [-0.4, -0.2) is 49.7 Å². The molecule has 1 unspecified atom stereocenters. The highest BCUT2D eigenvalue weighted by Crippen LogP contribution is 2.44. The summed E-state index contributed by atoms with van der Waals surface area (Å²) in [6, 6.07) is 14.7. The summed E-state index contributed by atoms with van der Waals surface area (Å²) >= 11 is 0. The lowest BCUT2D eigenvalue weighted by Gasteiger charge is -2.28. The van der Waals surface area contributed by atoms with Crippen molar-refractivity contribution in [2.24, 2.45) is 5.92 Å². The molecule has 1 aliphatic heterocycles. The van der Waals surface area contributed by atoms with Gasteiger partial charge in [0.1, 0.15) is 12.6 Å². The molecule has 29 heavy (non-hydrogen) atoms. The Morgan fingerprint density at radius 3 is 2.10 bits per heavy atom. The van der Waals surface area contributed by atoms with Gasteiger partial charge >= 0.3 is 12.1 Å². The second-order valence-electron chi connectivity index (χ2n) is 7.54. The quantitative estimate of drug-likeness (QED) is 0.750. The Labute approximate surface area is 168 Å². The number of hydrogen-bond donors (Lipinski definition) is 2. The zero-order chi connectivity index (χ0) is 20.6. The fourth-order valence-electron chi connectivity index (χ4n) is 4.14. The largest absolute Gasteiger partial charge is 0.480 e. The van der Waals surface area contributed by atoms with E-state index >= 15 is 0 Å². The summed E-state index contributed by atoms with van der Waals surface area (Å²) in [6.45, 7) is 0.0873. The van der Waals surface area contributed by atoms with Gasteiger partial charge in [-0.25, -0.2) is 18.0 Å². The smallest absolute Gasteiger partial charge is 0.407 e. The molecule has 2 aromatic rings. The van der Waals surface area contributed by atoms with Crippen LogP contribution in [0, 0.1) is 5.92 Å². The maximum atomic E-state index is 12.2. The Bertz CT molecular complexity index is 1010. The minimum Gasteiger partial charge on any atom is -0.480 e. The van der Waals surface area contributed by atoms with Crippen LogP contribution < -0.4 is 5.32 Å². The van der Waals surface area contributed by atoms with Crippen molar-refractivity contribution >= 4 is 21.9 Å². The van der Waals surface area contributed by atoms with Crippen LogP contribution in [-0.2, 0) is 19.4 Å². The highest BCUT2D eigenvalue weighted by Gasteiger charge is 2.37. The Morgan fingerprint density at radius 2 is 1.59 bits per heavy atom. The van der Waals surface area contributed by atoms with E-state index < -0.39 is 27.9 Å². The molecule has 0 radical (unpaired) electrons. The van der Waals surface area contributed by atoms with Crippen LogP contribution in [0.15, 0.2) is 48.5 Å². The lowest BCUT2D eigenvalue weighted by Crippen LogP contribution is -2.47. The molecule has 2 N–H and O–H groups in total. The summed E-state index contributed by atoms with van der Waals surface area (Å²) in [5.41, 5.74) is 4.34. The average Bonchev–Trinajstić information content (AvgIpc) is 2.98. The monoisotopic (exact) mass is 415 g/mol. The third-order valence-corrected chi connectivity index (χ3v) is 7.44. The second kappa shape index (κ2) is 7.51. The van der Waals surface area contributed by atoms with Crippen molar-refractivity contribution in [3.05, 3.63) is 59.7 Å². The molecule has 0 bridgehead atoms. The molecule has 1 heterocycles. The predicted octanol–water partition coefficient (Wildman–Crippen LogP) is 2.41. The topological polar surface area (TPSA) is 110 Å². The Hall–Kier alpha value is -2.87. The Morgan fingerprint density at radius 1 is 1.03 bits per heavy atom. The summed E-state index contributed by atoms with van der Waals surface area (Å²) in [4.78, 5) is 23.7. The van der Waals surface area contributed by atoms with Gasteiger partial charge in [-0.05, 0) is 34.6 Å². The molecule has 0 aromatic heterocycles. The number of carboxylic acid groups (broad SMARTS) is 1. The first kappa shape index (κ1) is 19.4. The number of carboxylic acids is 1. The molecule has 1 saturated heterocycles. The van der Waals surface area contributed by atoms with Crippen molar-refractivity contribution in [3.8, 4) is 11.1 Å². The molecule has 1 atom stereocenters. The molecule has 4 rings (SSSR count). The van der Waals surface area contributed by atoms with Crippen LogP contribution in [0.3, 0.4) is 0 Å². The maximum Gasteiger partial charge on any atom is 0.407 e. The first-order valence-electron chi connectivity index (χ1n) is 9.39. The van der Waals surface area contributed by atoms with Crippen LogP contribution in [0.1, 0.15) is 23.5 Å². The normalized spacial score (nSPS) is 18.2. The van der Waals surface area contributed by atoms with E-state index in [4.69, 9.17) is 4.74 Å². The van der Waals surface area contributed by atoms with Crippen LogP contribution in [0.2, 0.25) is 0 Å². The standard InChI is InChI=1S/C21H21NO6S/c23-20(24)19(9-13-11-29(26,27)12-13)22-21(25)28-10-18-16-7-3-1-5-14(16)15-6-2-4-8-17(15)18/h1-8,13,18-19H,9-12H2,(H,22,25)(H,23,24). The lowest BCUT2D eigenvalue weighted by molar-refractivity contribution is -0.139. The first-order chi connectivity index (χ1) is 13.8. The van der Waals surface area contributed by atoms with Gasteiger partial charge in [0, 0.05) is 5.92 Å². The van der Waals surface area contributed by atoms with Gasteiger partial charge in [0.05, 0.1) is 11.5 Å². The summed E-state index contributed by atoms with van der Waals surface area (Å²) in [5.74, 6) is -1.65. The number of hydrogen-bond acceptors (Lipinski definition) is 5. The van der Waals surface area contributed by atoms with E-state index in [1.165, 1.54) is 0 Å². The number of alkyl carbamates (subject to hydrolysis) is 1. The van der Waals surface area contributed by atoms with Crippen molar-refractivity contribution in [1.29, 1.82) is 0 Å². The molecule has 1 amide bonds. The van der Waals surface area contributed by atoms with Crippen molar-refractivity contribution < 1.29 is 27.9 Å². The fourth-order valence-corrected chi connectivity index (χ4v) is 5.75. The zero-order valence-electron chi connectivity index (χ0n) is 15.6. The van der Waals surface area contributed by atoms with Crippen molar-refractivity contribution in [3.63, 3.8) is 0 Å². The number of benzene rings is 2. The van der Waals surface area contributed by atoms with Crippen molar-refractivity contribution in [2.75, 3.05) is 18.1 Å². The Balaban J connectivity index is 1.40. The SMILES string of the molecule is O=C(NC(CC1CS(=O)(=O)C1)C(=O)O)OCC1c2ccccc2-c2ccccc21. The molecule has 8 heteroatoms. The van der Waals surface area contributed by atoms with Gasteiger partial charge in [-0.3, -0.25) is 0 Å². The van der Waals surface area contributed by atoms with Gasteiger partial charge in [0.15, 0.2) is 9.84 Å². The number of rotatable bonds is 6. The van der Waals surface area contributed by atoms with Gasteiger partial charge in [0.2, 0.25) is 0 Å². The molecule has 0 spiro atoms. The summed E-state index contributed by atoms with van der Waals surface area (Å²) in [5, 5.41) is 11.7. The minimum absolute atomic E-state index is 0.0385. The highest BCUT2D eigenvalue weighted by atomic mass is 32.2. The molecule has 2 aliphatic rings. The van der Waals surface area contributed by atoms with Crippen LogP contribution >= 0.6 is 0 Å². The summed E-state index contributed by atoms with van der Waals surface area (Å²) in [7, 11) is -3.05. The number of amides is 1. The van der Waals surface area contributed by atoms with E-state index in [-0.39, 0.29) is 36.4 Å². The maximum absolute atomic E-state index is 12.2. The lowest BCUT2D eigenvalue weighted by atomic mass is 9.98. The van der Waals surface area contributed by atoms with Gasteiger partial charge in [-0.2, -0.15) is 0 Å². The molecule has 1 aliphatic carbocycles. The molecule has 152 valence electrons. The molecular formula is C21H21NO6S. The number of ether oxygens (including phenoxy) is 1.